The monoisotopic (exact) mass is 359 g/mol. The molecule has 0 aliphatic carbocycles. The number of H-pyrrole nitrogens is 1. The molecule has 3 aromatic heterocycles. The number of aryl methyl sites for hydroxylation is 1. The lowest BCUT2D eigenvalue weighted by Gasteiger charge is -2.21. The van der Waals surface area contributed by atoms with Gasteiger partial charge in [0.05, 0.1) is 11.9 Å². The fourth-order valence-corrected chi connectivity index (χ4v) is 3.53. The lowest BCUT2D eigenvalue weighted by Crippen LogP contribution is -2.23. The number of furan rings is 1. The summed E-state index contributed by atoms with van der Waals surface area (Å²) in [5.74, 6) is 1.95. The normalized spacial score (nSPS) is 16.2. The highest BCUT2D eigenvalue weighted by atomic mass is 16.3. The molecule has 1 unspecified atom stereocenters. The molecule has 1 aliphatic heterocycles. The number of nitrogens with one attached hydrogen (secondary N) is 2. The number of carbonyl (C=O) groups excluding carboxylic acids is 1. The molecule has 0 saturated carbocycles. The number of hydrogen-bond donors (Lipinski definition) is 2. The van der Waals surface area contributed by atoms with Crippen molar-refractivity contribution >= 4 is 11.7 Å². The standard InChI is InChI=1S/C20H17N5O2/c1-12-7-8-17(27-12)19-16(11-25(24-19)13-5-3-2-4-6-13)14-9-18(26)22-20-15(14)10-21-23-20/h2-8,10-11,14H,9H2,1H3,(H2,21,22,23,26). The Morgan fingerprint density at radius 1 is 1.15 bits per heavy atom. The zero-order chi connectivity index (χ0) is 18.4. The smallest absolute Gasteiger partial charge is 0.226 e. The van der Waals surface area contributed by atoms with Crippen LogP contribution in [-0.2, 0) is 4.79 Å². The summed E-state index contributed by atoms with van der Waals surface area (Å²) in [5, 5.41) is 14.6. The number of hydrogen-bond acceptors (Lipinski definition) is 4. The number of para-hydroxylation sites is 1. The topological polar surface area (TPSA) is 88.7 Å². The van der Waals surface area contributed by atoms with Crippen molar-refractivity contribution in [2.75, 3.05) is 5.32 Å². The van der Waals surface area contributed by atoms with E-state index in [4.69, 9.17) is 9.52 Å². The summed E-state index contributed by atoms with van der Waals surface area (Å²) < 4.78 is 7.67. The zero-order valence-electron chi connectivity index (χ0n) is 14.6. The molecular weight excluding hydrogens is 342 g/mol. The van der Waals surface area contributed by atoms with Gasteiger partial charge in [-0.3, -0.25) is 9.89 Å². The Balaban J connectivity index is 1.69. The minimum atomic E-state index is -0.148. The van der Waals surface area contributed by atoms with Gasteiger partial charge in [-0.15, -0.1) is 0 Å². The third-order valence-corrected chi connectivity index (χ3v) is 4.81. The van der Waals surface area contributed by atoms with Crippen molar-refractivity contribution in [1.29, 1.82) is 0 Å². The van der Waals surface area contributed by atoms with Gasteiger partial charge in [-0.25, -0.2) is 4.68 Å². The first kappa shape index (κ1) is 15.6. The van der Waals surface area contributed by atoms with Crippen LogP contribution in [0.1, 0.15) is 29.2 Å². The van der Waals surface area contributed by atoms with Crippen LogP contribution in [0, 0.1) is 6.92 Å². The lowest BCUT2D eigenvalue weighted by molar-refractivity contribution is -0.116. The van der Waals surface area contributed by atoms with E-state index in [9.17, 15) is 4.79 Å². The maximum atomic E-state index is 12.2. The van der Waals surface area contributed by atoms with Gasteiger partial charge < -0.3 is 9.73 Å². The van der Waals surface area contributed by atoms with Crippen molar-refractivity contribution in [2.24, 2.45) is 0 Å². The molecule has 7 nitrogen and oxygen atoms in total. The Kier molecular flexibility index (Phi) is 3.46. The zero-order valence-corrected chi connectivity index (χ0v) is 14.6. The Bertz CT molecular complexity index is 1120. The molecule has 0 bridgehead atoms. The van der Waals surface area contributed by atoms with E-state index >= 15 is 0 Å². The van der Waals surface area contributed by atoms with Crippen LogP contribution in [0.15, 0.2) is 59.3 Å². The number of benzene rings is 1. The molecule has 0 saturated heterocycles. The summed E-state index contributed by atoms with van der Waals surface area (Å²) in [6, 6.07) is 13.7. The minimum Gasteiger partial charge on any atom is -0.460 e. The Hall–Kier alpha value is -3.61. The number of carbonyl (C=O) groups is 1. The lowest BCUT2D eigenvalue weighted by atomic mass is 9.87. The van der Waals surface area contributed by atoms with Crippen molar-refractivity contribution < 1.29 is 9.21 Å². The van der Waals surface area contributed by atoms with Crippen LogP contribution in [0.4, 0.5) is 5.82 Å². The number of aromatic nitrogens is 4. The predicted octanol–water partition coefficient (Wildman–Crippen LogP) is 3.64. The number of aromatic amines is 1. The van der Waals surface area contributed by atoms with Gasteiger partial charge in [0.2, 0.25) is 5.91 Å². The molecule has 1 aliphatic rings. The van der Waals surface area contributed by atoms with Gasteiger partial charge in [0, 0.05) is 29.7 Å². The van der Waals surface area contributed by atoms with Gasteiger partial charge in [-0.1, -0.05) is 18.2 Å². The van der Waals surface area contributed by atoms with Gasteiger partial charge in [0.25, 0.3) is 0 Å². The molecule has 0 fully saturated rings. The summed E-state index contributed by atoms with van der Waals surface area (Å²) in [4.78, 5) is 12.2. The van der Waals surface area contributed by atoms with Crippen molar-refractivity contribution in [3.8, 4) is 17.1 Å². The minimum absolute atomic E-state index is 0.0502. The van der Waals surface area contributed by atoms with Crippen LogP contribution >= 0.6 is 0 Å². The fourth-order valence-electron chi connectivity index (χ4n) is 3.53. The Labute approximate surface area is 155 Å². The first-order valence-corrected chi connectivity index (χ1v) is 8.74. The quantitative estimate of drug-likeness (QED) is 0.584. The molecule has 5 rings (SSSR count). The second-order valence-corrected chi connectivity index (χ2v) is 6.63. The largest absolute Gasteiger partial charge is 0.460 e. The van der Waals surface area contributed by atoms with Crippen molar-refractivity contribution in [2.45, 2.75) is 19.3 Å². The molecule has 4 heterocycles. The number of fused-ring (bicyclic) bond motifs is 1. The first-order valence-electron chi connectivity index (χ1n) is 8.74. The van der Waals surface area contributed by atoms with Gasteiger partial charge >= 0.3 is 0 Å². The van der Waals surface area contributed by atoms with Gasteiger partial charge in [0.15, 0.2) is 5.76 Å². The third kappa shape index (κ3) is 2.64. The molecule has 1 aromatic carbocycles. The Morgan fingerprint density at radius 2 is 2.00 bits per heavy atom. The number of amides is 1. The van der Waals surface area contributed by atoms with Crippen LogP contribution in [-0.4, -0.2) is 25.9 Å². The van der Waals surface area contributed by atoms with E-state index in [0.29, 0.717) is 18.0 Å². The summed E-state index contributed by atoms with van der Waals surface area (Å²) in [7, 11) is 0. The van der Waals surface area contributed by atoms with Crippen molar-refractivity contribution in [1.82, 2.24) is 20.0 Å². The average Bonchev–Trinajstić information content (AvgIpc) is 3.40. The van der Waals surface area contributed by atoms with Crippen LogP contribution in [0.25, 0.3) is 17.1 Å². The average molecular weight is 359 g/mol. The van der Waals surface area contributed by atoms with Crippen LogP contribution in [0.3, 0.4) is 0 Å². The van der Waals surface area contributed by atoms with E-state index in [1.54, 1.807) is 6.20 Å². The van der Waals surface area contributed by atoms with E-state index in [0.717, 1.165) is 28.3 Å². The second-order valence-electron chi connectivity index (χ2n) is 6.63. The van der Waals surface area contributed by atoms with E-state index in [1.165, 1.54) is 0 Å². The molecule has 1 atom stereocenters. The number of anilines is 1. The molecule has 4 aromatic rings. The van der Waals surface area contributed by atoms with E-state index in [2.05, 4.69) is 15.5 Å². The predicted molar refractivity (Wildman–Crippen MR) is 99.7 cm³/mol. The summed E-state index contributed by atoms with van der Waals surface area (Å²) in [5.41, 5.74) is 3.57. The summed E-state index contributed by atoms with van der Waals surface area (Å²) >= 11 is 0. The molecule has 0 spiro atoms. The maximum absolute atomic E-state index is 12.2. The van der Waals surface area contributed by atoms with Crippen LogP contribution < -0.4 is 5.32 Å². The SMILES string of the molecule is Cc1ccc(-c2nn(-c3ccccc3)cc2C2CC(=O)Nc3[nH]ncc32)o1. The highest BCUT2D eigenvalue weighted by molar-refractivity contribution is 5.94. The fraction of sp³-hybridized carbons (Fsp3) is 0.150. The first-order chi connectivity index (χ1) is 13.2. The van der Waals surface area contributed by atoms with Gasteiger partial charge in [0.1, 0.15) is 17.3 Å². The summed E-state index contributed by atoms with van der Waals surface area (Å²) in [6.45, 7) is 1.90. The van der Waals surface area contributed by atoms with Crippen molar-refractivity contribution in [3.05, 3.63) is 71.7 Å². The third-order valence-electron chi connectivity index (χ3n) is 4.81. The highest BCUT2D eigenvalue weighted by Crippen LogP contribution is 2.40. The molecule has 0 radical (unpaired) electrons. The number of rotatable bonds is 3. The highest BCUT2D eigenvalue weighted by Gasteiger charge is 2.32. The molecule has 7 heteroatoms. The molecule has 134 valence electrons. The Morgan fingerprint density at radius 3 is 2.78 bits per heavy atom. The van der Waals surface area contributed by atoms with Gasteiger partial charge in [-0.05, 0) is 31.2 Å². The van der Waals surface area contributed by atoms with Crippen LogP contribution in [0.5, 0.6) is 0 Å². The van der Waals surface area contributed by atoms with Crippen LogP contribution in [0.2, 0.25) is 0 Å². The van der Waals surface area contributed by atoms with E-state index in [-0.39, 0.29) is 11.8 Å². The molecule has 1 amide bonds. The number of nitrogens with zero attached hydrogens (tertiary/aromatic N) is 3. The maximum Gasteiger partial charge on any atom is 0.226 e. The molecule has 27 heavy (non-hydrogen) atoms. The van der Waals surface area contributed by atoms with Gasteiger partial charge in [-0.2, -0.15) is 10.2 Å². The van der Waals surface area contributed by atoms with E-state index in [1.807, 2.05) is 60.3 Å². The second kappa shape index (κ2) is 5.98. The summed E-state index contributed by atoms with van der Waals surface area (Å²) in [6.07, 6.45) is 4.07. The van der Waals surface area contributed by atoms with E-state index < -0.39 is 0 Å². The molecular formula is C20H17N5O2. The van der Waals surface area contributed by atoms with Crippen molar-refractivity contribution in [3.63, 3.8) is 0 Å². The molecule has 2 N–H and O–H groups in total.